The van der Waals surface area contributed by atoms with E-state index in [2.05, 4.69) is 23.3 Å². The normalized spacial score (nSPS) is 13.4. The van der Waals surface area contributed by atoms with Crippen LogP contribution in [0.5, 0.6) is 0 Å². The van der Waals surface area contributed by atoms with Crippen molar-refractivity contribution in [2.45, 2.75) is 43.8 Å². The van der Waals surface area contributed by atoms with E-state index in [4.69, 9.17) is 21.7 Å². The Hall–Kier alpha value is -2.87. The number of carbonyl (C=O) groups is 6. The number of thiol groups is 1. The second-order valence-electron chi connectivity index (χ2n) is 5.96. The van der Waals surface area contributed by atoms with Gasteiger partial charge in [0.2, 0.25) is 23.6 Å². The van der Waals surface area contributed by atoms with Crippen molar-refractivity contribution in [3.05, 3.63) is 0 Å². The Morgan fingerprint density at radius 3 is 1.83 bits per heavy atom. The molecule has 29 heavy (non-hydrogen) atoms. The van der Waals surface area contributed by atoms with Gasteiger partial charge < -0.3 is 37.6 Å². The van der Waals surface area contributed by atoms with Gasteiger partial charge in [-0.15, -0.1) is 0 Å². The molecule has 0 radical (unpaired) electrons. The fraction of sp³-hybridized carbons (Fsp3) is 0.600. The lowest BCUT2D eigenvalue weighted by Gasteiger charge is -2.23. The minimum Gasteiger partial charge on any atom is -0.481 e. The fourth-order valence-corrected chi connectivity index (χ4v) is 2.18. The quantitative estimate of drug-likeness (QED) is 0.127. The van der Waals surface area contributed by atoms with Gasteiger partial charge in [0.25, 0.3) is 0 Å². The number of carbonyl (C=O) groups excluding carboxylic acids is 4. The molecule has 0 spiro atoms. The Labute approximate surface area is 171 Å². The van der Waals surface area contributed by atoms with Crippen molar-refractivity contribution >= 4 is 48.2 Å². The van der Waals surface area contributed by atoms with Crippen LogP contribution in [0.15, 0.2) is 0 Å². The first-order valence-corrected chi connectivity index (χ1v) is 9.07. The minimum absolute atomic E-state index is 0.0190. The molecule has 0 aliphatic rings. The molecule has 0 aromatic heterocycles. The second-order valence-corrected chi connectivity index (χ2v) is 6.33. The molecule has 0 saturated carbocycles. The summed E-state index contributed by atoms with van der Waals surface area (Å²) in [5, 5.41) is 24.0. The average Bonchev–Trinajstić information content (AvgIpc) is 2.64. The molecule has 0 fully saturated rings. The molecule has 0 heterocycles. The van der Waals surface area contributed by atoms with E-state index in [-0.39, 0.29) is 25.0 Å². The predicted molar refractivity (Wildman–Crippen MR) is 102 cm³/mol. The molecule has 0 aromatic rings. The molecule has 0 aromatic carbocycles. The van der Waals surface area contributed by atoms with E-state index in [1.807, 2.05) is 5.32 Å². The van der Waals surface area contributed by atoms with Gasteiger partial charge in [-0.05, 0) is 12.8 Å². The maximum atomic E-state index is 12.5. The van der Waals surface area contributed by atoms with Gasteiger partial charge in [-0.1, -0.05) is 0 Å². The number of nitrogens with two attached hydrogens (primary N) is 2. The molecule has 3 atom stereocenters. The van der Waals surface area contributed by atoms with Crippen molar-refractivity contribution in [1.29, 1.82) is 0 Å². The summed E-state index contributed by atoms with van der Waals surface area (Å²) < 4.78 is 0. The maximum Gasteiger partial charge on any atom is 0.322 e. The summed E-state index contributed by atoms with van der Waals surface area (Å²) in [4.78, 5) is 68.9. The molecule has 13 nitrogen and oxygen atoms in total. The lowest BCUT2D eigenvalue weighted by atomic mass is 10.1. The van der Waals surface area contributed by atoms with E-state index in [9.17, 15) is 28.8 Å². The Kier molecular flexibility index (Phi) is 12.0. The van der Waals surface area contributed by atoms with Crippen LogP contribution in [0.3, 0.4) is 0 Å². The molecular weight excluding hydrogens is 410 g/mol. The SMILES string of the molecule is NC(=O)CCC(NC(=O)C(N)CS)C(=O)NC(CCC(=O)O)C(=O)NCC(=O)O. The number of hydrogen-bond donors (Lipinski definition) is 8. The van der Waals surface area contributed by atoms with Crippen molar-refractivity contribution in [2.75, 3.05) is 12.3 Å². The number of aliphatic carboxylic acids is 2. The summed E-state index contributed by atoms with van der Waals surface area (Å²) >= 11 is 3.87. The van der Waals surface area contributed by atoms with Gasteiger partial charge in [0.15, 0.2) is 0 Å². The summed E-state index contributed by atoms with van der Waals surface area (Å²) in [5.74, 6) is -5.89. The van der Waals surface area contributed by atoms with Crippen LogP contribution >= 0.6 is 12.6 Å². The molecule has 0 aliphatic carbocycles. The highest BCUT2D eigenvalue weighted by Crippen LogP contribution is 2.03. The molecule has 0 aliphatic heterocycles. The molecular formula is C15H25N5O8S. The molecule has 3 unspecified atom stereocenters. The number of amides is 4. The van der Waals surface area contributed by atoms with Crippen LogP contribution in [0.4, 0.5) is 0 Å². The van der Waals surface area contributed by atoms with Crippen LogP contribution in [0, 0.1) is 0 Å². The molecule has 0 rings (SSSR count). The molecule has 14 heteroatoms. The zero-order chi connectivity index (χ0) is 22.6. The Morgan fingerprint density at radius 2 is 1.34 bits per heavy atom. The Morgan fingerprint density at radius 1 is 0.828 bits per heavy atom. The van der Waals surface area contributed by atoms with E-state index in [0.717, 1.165) is 0 Å². The minimum atomic E-state index is -1.38. The van der Waals surface area contributed by atoms with Crippen LogP contribution in [0.2, 0.25) is 0 Å². The van der Waals surface area contributed by atoms with Gasteiger partial charge in [-0.25, -0.2) is 0 Å². The van der Waals surface area contributed by atoms with Crippen molar-refractivity contribution in [1.82, 2.24) is 16.0 Å². The highest BCUT2D eigenvalue weighted by atomic mass is 32.1. The molecule has 0 saturated heterocycles. The average molecular weight is 435 g/mol. The fourth-order valence-electron chi connectivity index (χ4n) is 2.01. The lowest BCUT2D eigenvalue weighted by molar-refractivity contribution is -0.140. The van der Waals surface area contributed by atoms with Gasteiger partial charge in [0.1, 0.15) is 18.6 Å². The lowest BCUT2D eigenvalue weighted by Crippen LogP contribution is -2.56. The van der Waals surface area contributed by atoms with E-state index in [1.54, 1.807) is 0 Å². The van der Waals surface area contributed by atoms with Crippen molar-refractivity contribution in [3.63, 3.8) is 0 Å². The first kappa shape index (κ1) is 26.1. The number of hydrogen-bond acceptors (Lipinski definition) is 8. The standard InChI is InChI=1S/C15H25N5O8S/c16-7(6-29)13(26)19-9(1-3-10(17)21)15(28)20-8(2-4-11(22)23)14(27)18-5-12(24)25/h7-9,29H,1-6,16H2,(H2,17,21)(H,18,27)(H,19,26)(H,20,28)(H,22,23)(H,24,25). The first-order chi connectivity index (χ1) is 13.5. The topological polar surface area (TPSA) is 231 Å². The molecule has 164 valence electrons. The van der Waals surface area contributed by atoms with Crippen LogP contribution in [-0.2, 0) is 28.8 Å². The maximum absolute atomic E-state index is 12.5. The molecule has 4 amide bonds. The predicted octanol–water partition coefficient (Wildman–Crippen LogP) is -3.46. The monoisotopic (exact) mass is 435 g/mol. The van der Waals surface area contributed by atoms with E-state index >= 15 is 0 Å². The smallest absolute Gasteiger partial charge is 0.322 e. The highest BCUT2D eigenvalue weighted by Gasteiger charge is 2.28. The first-order valence-electron chi connectivity index (χ1n) is 8.44. The van der Waals surface area contributed by atoms with Crippen LogP contribution in [0.25, 0.3) is 0 Å². The third-order valence-corrected chi connectivity index (χ3v) is 3.93. The summed E-state index contributed by atoms with van der Waals surface area (Å²) in [6.45, 7) is -0.739. The van der Waals surface area contributed by atoms with Crippen LogP contribution in [0.1, 0.15) is 25.7 Å². The Balaban J connectivity index is 5.29. The highest BCUT2D eigenvalue weighted by molar-refractivity contribution is 7.80. The second kappa shape index (κ2) is 13.3. The summed E-state index contributed by atoms with van der Waals surface area (Å²) in [6.07, 6.45) is -1.29. The zero-order valence-electron chi connectivity index (χ0n) is 15.4. The van der Waals surface area contributed by atoms with Gasteiger partial charge in [-0.2, -0.15) is 12.6 Å². The van der Waals surface area contributed by atoms with Crippen molar-refractivity contribution in [2.24, 2.45) is 11.5 Å². The largest absolute Gasteiger partial charge is 0.481 e. The number of carboxylic acid groups (broad SMARTS) is 2. The summed E-state index contributed by atoms with van der Waals surface area (Å²) in [5.41, 5.74) is 10.6. The van der Waals surface area contributed by atoms with Gasteiger partial charge in [0.05, 0.1) is 6.04 Å². The van der Waals surface area contributed by atoms with Gasteiger partial charge in [0, 0.05) is 18.6 Å². The van der Waals surface area contributed by atoms with E-state index in [0.29, 0.717) is 0 Å². The van der Waals surface area contributed by atoms with Gasteiger partial charge >= 0.3 is 11.9 Å². The number of carboxylic acids is 2. The summed E-state index contributed by atoms with van der Waals surface area (Å²) in [6, 6.07) is -3.71. The summed E-state index contributed by atoms with van der Waals surface area (Å²) in [7, 11) is 0. The van der Waals surface area contributed by atoms with Crippen LogP contribution < -0.4 is 27.4 Å². The number of rotatable bonds is 14. The number of nitrogens with one attached hydrogen (secondary N) is 3. The molecule has 0 bridgehead atoms. The van der Waals surface area contributed by atoms with E-state index < -0.39 is 66.7 Å². The van der Waals surface area contributed by atoms with E-state index in [1.165, 1.54) is 0 Å². The Bertz CT molecular complexity index is 644. The van der Waals surface area contributed by atoms with Crippen molar-refractivity contribution in [3.8, 4) is 0 Å². The zero-order valence-corrected chi connectivity index (χ0v) is 16.3. The van der Waals surface area contributed by atoms with Crippen LogP contribution in [-0.4, -0.2) is 76.2 Å². The molecule has 9 N–H and O–H groups in total. The van der Waals surface area contributed by atoms with Gasteiger partial charge in [-0.3, -0.25) is 28.8 Å². The third kappa shape index (κ3) is 11.5. The third-order valence-electron chi connectivity index (χ3n) is 3.54. The number of primary amides is 1. The van der Waals surface area contributed by atoms with Crippen molar-refractivity contribution < 1.29 is 39.0 Å².